The fourth-order valence-electron chi connectivity index (χ4n) is 3.37. The number of nitrogens with zero attached hydrogens (tertiary/aromatic N) is 1. The minimum Gasteiger partial charge on any atom is -0.497 e. The quantitative estimate of drug-likeness (QED) is 0.392. The van der Waals surface area contributed by atoms with Gasteiger partial charge in [-0.15, -0.1) is 0 Å². The first-order valence-electron chi connectivity index (χ1n) is 10.3. The molecule has 0 fully saturated rings. The summed E-state index contributed by atoms with van der Waals surface area (Å²) in [6, 6.07) is 15.9. The molecule has 7 heteroatoms. The minimum atomic E-state index is -0.101. The monoisotopic (exact) mass is 439 g/mol. The van der Waals surface area contributed by atoms with Crippen LogP contribution in [0.2, 0.25) is 0 Å². The van der Waals surface area contributed by atoms with Crippen molar-refractivity contribution in [2.45, 2.75) is 26.4 Å². The standard InChI is InChI=1S/C24H29N3O3S/c1-4-17-7-10-22-19(13-17)14-20(23(28)26-22)16-27(24(31)25-11-12-29-2)15-18-5-8-21(30-3)9-6-18/h5-10,13-14H,4,11-12,15-16H2,1-3H3,(H,25,31)(H,26,28). The van der Waals surface area contributed by atoms with E-state index in [0.29, 0.717) is 36.9 Å². The van der Waals surface area contributed by atoms with Gasteiger partial charge in [0, 0.05) is 31.3 Å². The van der Waals surface area contributed by atoms with E-state index in [9.17, 15) is 4.79 Å². The molecule has 0 bridgehead atoms. The van der Waals surface area contributed by atoms with Crippen LogP contribution in [0.25, 0.3) is 10.9 Å². The first-order chi connectivity index (χ1) is 15.0. The molecule has 0 amide bonds. The van der Waals surface area contributed by atoms with Crippen molar-refractivity contribution in [1.82, 2.24) is 15.2 Å². The number of hydrogen-bond acceptors (Lipinski definition) is 4. The Hall–Kier alpha value is -2.90. The Morgan fingerprint density at radius 3 is 2.48 bits per heavy atom. The molecule has 31 heavy (non-hydrogen) atoms. The van der Waals surface area contributed by atoms with Crippen molar-refractivity contribution < 1.29 is 9.47 Å². The number of aromatic amines is 1. The van der Waals surface area contributed by atoms with Crippen LogP contribution >= 0.6 is 12.2 Å². The largest absolute Gasteiger partial charge is 0.497 e. The van der Waals surface area contributed by atoms with E-state index in [4.69, 9.17) is 21.7 Å². The van der Waals surface area contributed by atoms with Crippen molar-refractivity contribution >= 4 is 28.2 Å². The third-order valence-electron chi connectivity index (χ3n) is 5.16. The Morgan fingerprint density at radius 2 is 1.81 bits per heavy atom. The molecule has 0 atom stereocenters. The summed E-state index contributed by atoms with van der Waals surface area (Å²) >= 11 is 5.64. The van der Waals surface area contributed by atoms with E-state index < -0.39 is 0 Å². The average molecular weight is 440 g/mol. The van der Waals surface area contributed by atoms with Crippen molar-refractivity contribution in [2.75, 3.05) is 27.4 Å². The number of H-pyrrole nitrogens is 1. The number of thiocarbonyl (C=S) groups is 1. The van der Waals surface area contributed by atoms with E-state index in [1.165, 1.54) is 5.56 Å². The topological polar surface area (TPSA) is 66.6 Å². The lowest BCUT2D eigenvalue weighted by Gasteiger charge is -2.26. The summed E-state index contributed by atoms with van der Waals surface area (Å²) in [6.45, 7) is 4.23. The number of aryl methyl sites for hydroxylation is 1. The zero-order valence-corrected chi connectivity index (χ0v) is 19.1. The number of aromatic nitrogens is 1. The summed E-state index contributed by atoms with van der Waals surface area (Å²) in [5, 5.41) is 4.82. The van der Waals surface area contributed by atoms with Crippen LogP contribution in [0.4, 0.5) is 0 Å². The number of nitrogens with one attached hydrogen (secondary N) is 2. The van der Waals surface area contributed by atoms with Crippen LogP contribution in [0, 0.1) is 0 Å². The van der Waals surface area contributed by atoms with Gasteiger partial charge >= 0.3 is 0 Å². The van der Waals surface area contributed by atoms with E-state index in [1.54, 1.807) is 14.2 Å². The van der Waals surface area contributed by atoms with E-state index in [-0.39, 0.29) is 5.56 Å². The van der Waals surface area contributed by atoms with Crippen molar-refractivity contribution in [2.24, 2.45) is 0 Å². The second-order valence-corrected chi connectivity index (χ2v) is 7.71. The third-order valence-corrected chi connectivity index (χ3v) is 5.56. The van der Waals surface area contributed by atoms with Gasteiger partial charge < -0.3 is 24.7 Å². The highest BCUT2D eigenvalue weighted by atomic mass is 32.1. The Balaban J connectivity index is 1.87. The zero-order valence-electron chi connectivity index (χ0n) is 18.2. The molecule has 0 unspecified atom stereocenters. The van der Waals surface area contributed by atoms with Crippen molar-refractivity contribution in [1.29, 1.82) is 0 Å². The lowest BCUT2D eigenvalue weighted by atomic mass is 10.1. The number of benzene rings is 2. The van der Waals surface area contributed by atoms with E-state index >= 15 is 0 Å². The molecule has 164 valence electrons. The molecule has 0 spiro atoms. The van der Waals surface area contributed by atoms with Crippen LogP contribution < -0.4 is 15.6 Å². The predicted molar refractivity (Wildman–Crippen MR) is 129 cm³/mol. The van der Waals surface area contributed by atoms with Crippen LogP contribution in [0.1, 0.15) is 23.6 Å². The van der Waals surface area contributed by atoms with E-state index in [1.807, 2.05) is 47.4 Å². The number of fused-ring (bicyclic) bond motifs is 1. The van der Waals surface area contributed by atoms with Crippen LogP contribution in [-0.4, -0.2) is 42.4 Å². The highest BCUT2D eigenvalue weighted by Crippen LogP contribution is 2.17. The molecule has 0 saturated carbocycles. The second-order valence-electron chi connectivity index (χ2n) is 7.33. The molecular formula is C24H29N3O3S. The van der Waals surface area contributed by atoms with Gasteiger partial charge in [-0.1, -0.05) is 25.1 Å². The lowest BCUT2D eigenvalue weighted by molar-refractivity contribution is 0.202. The molecule has 2 N–H and O–H groups in total. The van der Waals surface area contributed by atoms with Crippen LogP contribution in [0.5, 0.6) is 5.75 Å². The lowest BCUT2D eigenvalue weighted by Crippen LogP contribution is -2.41. The number of methoxy groups -OCH3 is 2. The van der Waals surface area contributed by atoms with Crippen molar-refractivity contribution in [3.63, 3.8) is 0 Å². The smallest absolute Gasteiger partial charge is 0.253 e. The highest BCUT2D eigenvalue weighted by molar-refractivity contribution is 7.80. The maximum Gasteiger partial charge on any atom is 0.253 e. The first kappa shape index (κ1) is 22.8. The Labute approximate surface area is 188 Å². The molecule has 0 aliphatic carbocycles. The average Bonchev–Trinajstić information content (AvgIpc) is 2.79. The van der Waals surface area contributed by atoms with Gasteiger partial charge in [-0.2, -0.15) is 0 Å². The molecule has 0 aliphatic rings. The number of pyridine rings is 1. The van der Waals surface area contributed by atoms with Gasteiger partial charge in [0.05, 0.1) is 20.3 Å². The summed E-state index contributed by atoms with van der Waals surface area (Å²) in [4.78, 5) is 17.8. The number of ether oxygens (including phenoxy) is 2. The molecule has 1 heterocycles. The molecule has 6 nitrogen and oxygen atoms in total. The molecule has 0 radical (unpaired) electrons. The van der Waals surface area contributed by atoms with E-state index in [2.05, 4.69) is 23.3 Å². The Bertz CT molecular complexity index is 1080. The number of rotatable bonds is 9. The molecule has 3 aromatic rings. The van der Waals surface area contributed by atoms with Gasteiger partial charge in [0.2, 0.25) is 0 Å². The summed E-state index contributed by atoms with van der Waals surface area (Å²) < 4.78 is 10.4. The zero-order chi connectivity index (χ0) is 22.2. The molecule has 3 rings (SSSR count). The number of hydrogen-bond donors (Lipinski definition) is 2. The van der Waals surface area contributed by atoms with Gasteiger partial charge in [0.1, 0.15) is 5.75 Å². The minimum absolute atomic E-state index is 0.101. The van der Waals surface area contributed by atoms with Gasteiger partial charge in [-0.3, -0.25) is 4.79 Å². The highest BCUT2D eigenvalue weighted by Gasteiger charge is 2.14. The summed E-state index contributed by atoms with van der Waals surface area (Å²) in [5.41, 5.74) is 3.72. The predicted octanol–water partition coefficient (Wildman–Crippen LogP) is 3.62. The van der Waals surface area contributed by atoms with Gasteiger partial charge in [0.25, 0.3) is 5.56 Å². The summed E-state index contributed by atoms with van der Waals surface area (Å²) in [6.07, 6.45) is 0.946. The summed E-state index contributed by atoms with van der Waals surface area (Å²) in [7, 11) is 3.30. The second kappa shape index (κ2) is 10.9. The molecule has 0 aliphatic heterocycles. The van der Waals surface area contributed by atoms with Crippen LogP contribution in [-0.2, 0) is 24.2 Å². The van der Waals surface area contributed by atoms with Crippen molar-refractivity contribution in [3.8, 4) is 5.75 Å². The normalized spacial score (nSPS) is 10.8. The van der Waals surface area contributed by atoms with Gasteiger partial charge in [-0.25, -0.2) is 0 Å². The SMILES string of the molecule is CCc1ccc2[nH]c(=O)c(CN(Cc3ccc(OC)cc3)C(=S)NCCOC)cc2c1. The van der Waals surface area contributed by atoms with Crippen LogP contribution in [0.3, 0.4) is 0 Å². The maximum atomic E-state index is 12.8. The van der Waals surface area contributed by atoms with Gasteiger partial charge in [0.15, 0.2) is 5.11 Å². The molecule has 1 aromatic heterocycles. The Morgan fingerprint density at radius 1 is 1.06 bits per heavy atom. The molecular weight excluding hydrogens is 410 g/mol. The maximum absolute atomic E-state index is 12.8. The first-order valence-corrected chi connectivity index (χ1v) is 10.7. The van der Waals surface area contributed by atoms with Crippen molar-refractivity contribution in [3.05, 3.63) is 75.6 Å². The molecule has 0 saturated heterocycles. The Kier molecular flexibility index (Phi) is 8.03. The van der Waals surface area contributed by atoms with Gasteiger partial charge in [-0.05, 0) is 65.5 Å². The fourth-order valence-corrected chi connectivity index (χ4v) is 3.60. The summed E-state index contributed by atoms with van der Waals surface area (Å²) in [5.74, 6) is 0.800. The van der Waals surface area contributed by atoms with E-state index in [0.717, 1.165) is 28.6 Å². The van der Waals surface area contributed by atoms with Crippen LogP contribution in [0.15, 0.2) is 53.3 Å². The third kappa shape index (κ3) is 6.06. The molecule has 2 aromatic carbocycles. The fraction of sp³-hybridized carbons (Fsp3) is 0.333.